The first-order valence-electron chi connectivity index (χ1n) is 5.76. The molecule has 0 saturated heterocycles. The number of fused-ring (bicyclic) bond motifs is 1. The van der Waals surface area contributed by atoms with Gasteiger partial charge in [-0.15, -0.1) is 0 Å². The van der Waals surface area contributed by atoms with E-state index in [0.29, 0.717) is 29.8 Å². The fraction of sp³-hybridized carbons (Fsp3) is 0.462. The Bertz CT molecular complexity index is 515. The van der Waals surface area contributed by atoms with Crippen LogP contribution in [0.3, 0.4) is 0 Å². The number of ketones is 1. The third-order valence-electron chi connectivity index (χ3n) is 3.09. The predicted molar refractivity (Wildman–Crippen MR) is 62.2 cm³/mol. The zero-order chi connectivity index (χ0) is 12.4. The van der Waals surface area contributed by atoms with Crippen molar-refractivity contribution in [3.05, 3.63) is 22.4 Å². The minimum Gasteiger partial charge on any atom is -0.480 e. The topological polar surface area (TPSA) is 63.0 Å². The van der Waals surface area contributed by atoms with E-state index in [-0.39, 0.29) is 5.78 Å². The van der Waals surface area contributed by atoms with E-state index in [4.69, 9.17) is 4.74 Å². The van der Waals surface area contributed by atoms with Crippen LogP contribution in [0.1, 0.15) is 46.9 Å². The number of aromatic nitrogens is 1. The highest BCUT2D eigenvalue weighted by atomic mass is 16.5. The summed E-state index contributed by atoms with van der Waals surface area (Å²) in [4.78, 5) is 16.2. The van der Waals surface area contributed by atoms with Gasteiger partial charge in [0.1, 0.15) is 11.6 Å². The van der Waals surface area contributed by atoms with Gasteiger partial charge in [0.25, 0.3) is 0 Å². The van der Waals surface area contributed by atoms with E-state index in [1.807, 2.05) is 6.92 Å². The fourth-order valence-corrected chi connectivity index (χ4v) is 2.31. The van der Waals surface area contributed by atoms with E-state index in [0.717, 1.165) is 24.1 Å². The number of nitrogens with zero attached hydrogens (tertiary/aromatic N) is 2. The number of hydrogen-bond donors (Lipinski definition) is 0. The molecule has 0 atom stereocenters. The lowest BCUT2D eigenvalue weighted by Crippen LogP contribution is -2.17. The molecule has 2 rings (SSSR count). The van der Waals surface area contributed by atoms with Crippen molar-refractivity contribution in [3.8, 4) is 11.9 Å². The van der Waals surface area contributed by atoms with Crippen LogP contribution >= 0.6 is 0 Å². The molecular formula is C13H14N2O2. The van der Waals surface area contributed by atoms with E-state index >= 15 is 0 Å². The number of carbonyl (C=O) groups is 1. The first-order valence-corrected chi connectivity index (χ1v) is 5.76. The average Bonchev–Trinajstić information content (AvgIpc) is 2.36. The van der Waals surface area contributed by atoms with Gasteiger partial charge < -0.3 is 4.74 Å². The normalized spacial score (nSPS) is 14.1. The molecule has 0 spiro atoms. The summed E-state index contributed by atoms with van der Waals surface area (Å²) >= 11 is 0. The Balaban J connectivity index is 2.75. The molecule has 88 valence electrons. The molecule has 0 bridgehead atoms. The summed E-state index contributed by atoms with van der Waals surface area (Å²) in [7, 11) is 1.50. The van der Waals surface area contributed by atoms with E-state index in [1.54, 1.807) is 0 Å². The SMILES string of the molecule is CCc1nc(OC)c(C#N)c2c1C(=O)CCC2. The second-order valence-electron chi connectivity index (χ2n) is 4.04. The number of Topliss-reactive ketones (excluding diaryl/α,β-unsaturated/α-hetero) is 1. The number of nitriles is 1. The molecule has 4 nitrogen and oxygen atoms in total. The van der Waals surface area contributed by atoms with E-state index in [9.17, 15) is 10.1 Å². The maximum absolute atomic E-state index is 11.9. The van der Waals surface area contributed by atoms with Crippen molar-refractivity contribution >= 4 is 5.78 Å². The van der Waals surface area contributed by atoms with Gasteiger partial charge >= 0.3 is 0 Å². The first-order chi connectivity index (χ1) is 8.22. The van der Waals surface area contributed by atoms with Crippen LogP contribution < -0.4 is 4.74 Å². The van der Waals surface area contributed by atoms with Gasteiger partial charge in [0.15, 0.2) is 5.78 Å². The Morgan fingerprint density at radius 3 is 2.82 bits per heavy atom. The van der Waals surface area contributed by atoms with Gasteiger partial charge in [0, 0.05) is 12.0 Å². The highest BCUT2D eigenvalue weighted by Crippen LogP contribution is 2.31. The molecule has 1 aliphatic rings. The molecule has 0 aliphatic heterocycles. The van der Waals surface area contributed by atoms with E-state index < -0.39 is 0 Å². The van der Waals surface area contributed by atoms with Crippen molar-refractivity contribution in [2.24, 2.45) is 0 Å². The van der Waals surface area contributed by atoms with Gasteiger partial charge in [-0.05, 0) is 24.8 Å². The van der Waals surface area contributed by atoms with Crippen molar-refractivity contribution in [2.45, 2.75) is 32.6 Å². The number of ether oxygens (including phenoxy) is 1. The Kier molecular flexibility index (Phi) is 3.10. The predicted octanol–water partition coefficient (Wildman–Crippen LogP) is 2.04. The van der Waals surface area contributed by atoms with Gasteiger partial charge in [0.05, 0.1) is 12.8 Å². The lowest BCUT2D eigenvalue weighted by molar-refractivity contribution is 0.0970. The maximum atomic E-state index is 11.9. The number of hydrogen-bond acceptors (Lipinski definition) is 4. The monoisotopic (exact) mass is 230 g/mol. The van der Waals surface area contributed by atoms with Gasteiger partial charge in [-0.3, -0.25) is 4.79 Å². The van der Waals surface area contributed by atoms with Crippen molar-refractivity contribution in [1.82, 2.24) is 4.98 Å². The van der Waals surface area contributed by atoms with E-state index in [1.165, 1.54) is 7.11 Å². The Labute approximate surface area is 100 Å². The highest BCUT2D eigenvalue weighted by Gasteiger charge is 2.26. The molecule has 0 saturated carbocycles. The van der Waals surface area contributed by atoms with Crippen LogP contribution in [-0.4, -0.2) is 17.9 Å². The molecule has 1 aromatic rings. The number of pyridine rings is 1. The fourth-order valence-electron chi connectivity index (χ4n) is 2.31. The number of methoxy groups -OCH3 is 1. The van der Waals surface area contributed by atoms with Crippen molar-refractivity contribution in [2.75, 3.05) is 7.11 Å². The average molecular weight is 230 g/mol. The molecule has 0 radical (unpaired) electrons. The summed E-state index contributed by atoms with van der Waals surface area (Å²) in [5.74, 6) is 0.451. The molecule has 4 heteroatoms. The minimum absolute atomic E-state index is 0.106. The minimum atomic E-state index is 0.106. The first kappa shape index (κ1) is 11.6. The zero-order valence-corrected chi connectivity index (χ0v) is 10.0. The summed E-state index contributed by atoms with van der Waals surface area (Å²) in [6, 6.07) is 2.11. The third kappa shape index (κ3) is 1.78. The summed E-state index contributed by atoms with van der Waals surface area (Å²) in [6.07, 6.45) is 2.79. The number of carbonyl (C=O) groups excluding carboxylic acids is 1. The molecular weight excluding hydrogens is 216 g/mol. The second-order valence-corrected chi connectivity index (χ2v) is 4.04. The van der Waals surface area contributed by atoms with Gasteiger partial charge in [-0.25, -0.2) is 4.98 Å². The Hall–Kier alpha value is -1.89. The summed E-state index contributed by atoms with van der Waals surface area (Å²) in [5, 5.41) is 9.17. The summed E-state index contributed by atoms with van der Waals surface area (Å²) < 4.78 is 5.14. The van der Waals surface area contributed by atoms with Crippen LogP contribution in [0, 0.1) is 11.3 Å². The lowest BCUT2D eigenvalue weighted by atomic mass is 9.86. The molecule has 0 amide bonds. The molecule has 17 heavy (non-hydrogen) atoms. The molecule has 1 aromatic heterocycles. The largest absolute Gasteiger partial charge is 0.480 e. The van der Waals surface area contributed by atoms with Crippen molar-refractivity contribution in [3.63, 3.8) is 0 Å². The van der Waals surface area contributed by atoms with Crippen molar-refractivity contribution < 1.29 is 9.53 Å². The summed E-state index contributed by atoms with van der Waals surface area (Å²) in [6.45, 7) is 1.95. The van der Waals surface area contributed by atoms with Crippen LogP contribution in [0.25, 0.3) is 0 Å². The standard InChI is InChI=1S/C13H14N2O2/c1-3-10-12-8(5-4-6-11(12)16)9(7-14)13(15-10)17-2/h3-6H2,1-2H3. The second kappa shape index (κ2) is 4.54. The van der Waals surface area contributed by atoms with Crippen molar-refractivity contribution in [1.29, 1.82) is 5.26 Å². The van der Waals surface area contributed by atoms with Gasteiger partial charge in [-0.2, -0.15) is 5.26 Å². The Morgan fingerprint density at radius 1 is 1.47 bits per heavy atom. The smallest absolute Gasteiger partial charge is 0.231 e. The van der Waals surface area contributed by atoms with Crippen LogP contribution in [0.2, 0.25) is 0 Å². The molecule has 1 aliphatic carbocycles. The number of aryl methyl sites for hydroxylation is 1. The van der Waals surface area contributed by atoms with Crippen LogP contribution in [0.4, 0.5) is 0 Å². The van der Waals surface area contributed by atoms with E-state index in [2.05, 4.69) is 11.1 Å². The molecule has 0 fully saturated rings. The third-order valence-corrected chi connectivity index (χ3v) is 3.09. The molecule has 0 N–H and O–H groups in total. The molecule has 0 aromatic carbocycles. The van der Waals surface area contributed by atoms with Crippen LogP contribution in [0.5, 0.6) is 5.88 Å². The van der Waals surface area contributed by atoms with Gasteiger partial charge in [-0.1, -0.05) is 6.92 Å². The van der Waals surface area contributed by atoms with Crippen LogP contribution in [-0.2, 0) is 12.8 Å². The summed E-state index contributed by atoms with van der Waals surface area (Å²) in [5.41, 5.74) is 2.66. The molecule has 1 heterocycles. The van der Waals surface area contributed by atoms with Gasteiger partial charge in [0.2, 0.25) is 5.88 Å². The quantitative estimate of drug-likeness (QED) is 0.780. The Morgan fingerprint density at radius 2 is 2.24 bits per heavy atom. The number of rotatable bonds is 2. The highest BCUT2D eigenvalue weighted by molar-refractivity contribution is 6.00. The molecule has 0 unspecified atom stereocenters. The zero-order valence-electron chi connectivity index (χ0n) is 10.0. The van der Waals surface area contributed by atoms with Crippen LogP contribution in [0.15, 0.2) is 0 Å². The lowest BCUT2D eigenvalue weighted by Gasteiger charge is -2.19. The maximum Gasteiger partial charge on any atom is 0.231 e.